The lowest BCUT2D eigenvalue weighted by atomic mass is 10.2. The molecule has 0 unspecified atom stereocenters. The Labute approximate surface area is 187 Å². The van der Waals surface area contributed by atoms with Crippen LogP contribution in [-0.2, 0) is 0 Å². The van der Waals surface area contributed by atoms with Crippen LogP contribution in [0.25, 0.3) is 16.5 Å². The highest BCUT2D eigenvalue weighted by Gasteiger charge is 2.20. The minimum absolute atomic E-state index is 0.0118. The minimum Gasteiger partial charge on any atom is -0.486 e. The van der Waals surface area contributed by atoms with Gasteiger partial charge < -0.3 is 18.5 Å². The highest BCUT2D eigenvalue weighted by Crippen LogP contribution is 2.34. The molecule has 0 atom stereocenters. The molecule has 0 aliphatic carbocycles. The summed E-state index contributed by atoms with van der Waals surface area (Å²) < 4.78 is 19.0. The third-order valence-corrected chi connectivity index (χ3v) is 6.66. The second-order valence-electron chi connectivity index (χ2n) is 7.01. The van der Waals surface area contributed by atoms with Crippen LogP contribution in [0.3, 0.4) is 0 Å². The van der Waals surface area contributed by atoms with Gasteiger partial charge in [0.25, 0.3) is 11.1 Å². The van der Waals surface area contributed by atoms with Crippen molar-refractivity contribution in [2.24, 2.45) is 0 Å². The number of fused-ring (bicyclic) bond motifs is 1. The lowest BCUT2D eigenvalue weighted by molar-refractivity contribution is 0.102. The van der Waals surface area contributed by atoms with Crippen molar-refractivity contribution in [1.82, 2.24) is 14.8 Å². The zero-order valence-corrected chi connectivity index (χ0v) is 18.6. The van der Waals surface area contributed by atoms with Crippen molar-refractivity contribution >= 4 is 28.9 Å². The molecule has 9 heteroatoms. The van der Waals surface area contributed by atoms with Gasteiger partial charge in [0.1, 0.15) is 13.2 Å². The number of thiophene rings is 1. The zero-order chi connectivity index (χ0) is 21.4. The molecule has 4 aromatic rings. The van der Waals surface area contributed by atoms with E-state index < -0.39 is 0 Å². The summed E-state index contributed by atoms with van der Waals surface area (Å²) in [7, 11) is 0. The van der Waals surface area contributed by atoms with Crippen molar-refractivity contribution in [3.05, 3.63) is 58.7 Å². The quantitative estimate of drug-likeness (QED) is 0.302. The molecular formula is C22H19N3O4S2. The molecule has 5 rings (SSSR count). The number of nitrogens with zero attached hydrogens (tertiary/aromatic N) is 3. The number of thioether (sulfide) groups is 1. The van der Waals surface area contributed by atoms with Crippen molar-refractivity contribution < 1.29 is 18.7 Å². The van der Waals surface area contributed by atoms with Crippen LogP contribution in [0.5, 0.6) is 11.5 Å². The third-order valence-electron chi connectivity index (χ3n) is 4.98. The van der Waals surface area contributed by atoms with Gasteiger partial charge in [0.05, 0.1) is 10.6 Å². The van der Waals surface area contributed by atoms with Crippen molar-refractivity contribution in [2.75, 3.05) is 19.0 Å². The number of aromatic nitrogens is 3. The van der Waals surface area contributed by atoms with Gasteiger partial charge in [0.15, 0.2) is 17.3 Å². The Morgan fingerprint density at radius 2 is 1.97 bits per heavy atom. The molecule has 1 aliphatic heterocycles. The summed E-state index contributed by atoms with van der Waals surface area (Å²) in [6, 6.07) is 11.6. The number of Topliss-reactive ketones (excluding diaryl/α,β-unsaturated/α-hetero) is 1. The topological polar surface area (TPSA) is 79.4 Å². The Bertz CT molecular complexity index is 1240. The molecule has 3 aromatic heterocycles. The summed E-state index contributed by atoms with van der Waals surface area (Å²) in [4.78, 5) is 13.8. The maximum atomic E-state index is 12.9. The minimum atomic E-state index is 0.0118. The van der Waals surface area contributed by atoms with E-state index >= 15 is 0 Å². The second-order valence-corrected chi connectivity index (χ2v) is 8.88. The molecule has 1 aromatic carbocycles. The number of carbonyl (C=O) groups is 1. The van der Waals surface area contributed by atoms with Gasteiger partial charge in [-0.3, -0.25) is 4.79 Å². The summed E-state index contributed by atoms with van der Waals surface area (Å²) in [6.07, 6.45) is 0. The van der Waals surface area contributed by atoms with Gasteiger partial charge in [-0.25, -0.2) is 0 Å². The molecule has 0 saturated heterocycles. The fourth-order valence-corrected chi connectivity index (χ4v) is 4.88. The van der Waals surface area contributed by atoms with Gasteiger partial charge in [-0.15, -0.1) is 21.5 Å². The Balaban J connectivity index is 1.33. The lowest BCUT2D eigenvalue weighted by Crippen LogP contribution is -2.15. The summed E-state index contributed by atoms with van der Waals surface area (Å²) in [6.45, 7) is 5.02. The standard InChI is InChI=1S/C22H19N3O4S2/c1-13-10-16(14(2)25(13)15-5-6-18-19(11-15)28-8-7-27-18)17(26)12-31-22-24-23-21(29-22)20-4-3-9-30-20/h3-6,9-11H,7-8,12H2,1-2H3. The van der Waals surface area contributed by atoms with E-state index in [9.17, 15) is 4.79 Å². The number of carbonyl (C=O) groups excluding carboxylic acids is 1. The van der Waals surface area contributed by atoms with Gasteiger partial charge in [-0.2, -0.15) is 0 Å². The predicted molar refractivity (Wildman–Crippen MR) is 119 cm³/mol. The van der Waals surface area contributed by atoms with E-state index in [1.54, 1.807) is 0 Å². The summed E-state index contributed by atoms with van der Waals surface area (Å²) in [5, 5.41) is 10.4. The molecule has 0 spiro atoms. The van der Waals surface area contributed by atoms with E-state index in [-0.39, 0.29) is 11.5 Å². The van der Waals surface area contributed by atoms with Crippen LogP contribution in [0.4, 0.5) is 0 Å². The molecule has 0 fully saturated rings. The Kier molecular flexibility index (Phi) is 5.29. The molecule has 0 amide bonds. The summed E-state index contributed by atoms with van der Waals surface area (Å²) in [5.41, 5.74) is 3.46. The van der Waals surface area contributed by atoms with Gasteiger partial charge in [0.2, 0.25) is 0 Å². The number of ketones is 1. The average molecular weight is 454 g/mol. The van der Waals surface area contributed by atoms with Crippen molar-refractivity contribution in [3.63, 3.8) is 0 Å². The van der Waals surface area contributed by atoms with Gasteiger partial charge in [-0.1, -0.05) is 17.8 Å². The largest absolute Gasteiger partial charge is 0.486 e. The Morgan fingerprint density at radius 1 is 1.13 bits per heavy atom. The zero-order valence-electron chi connectivity index (χ0n) is 17.0. The number of aryl methyl sites for hydroxylation is 1. The smallest absolute Gasteiger partial charge is 0.277 e. The molecule has 0 N–H and O–H groups in total. The lowest BCUT2D eigenvalue weighted by Gasteiger charge is -2.20. The molecule has 0 saturated carbocycles. The maximum Gasteiger partial charge on any atom is 0.277 e. The first kappa shape index (κ1) is 19.9. The molecule has 0 bridgehead atoms. The molecule has 0 radical (unpaired) electrons. The number of ether oxygens (including phenoxy) is 2. The van der Waals surface area contributed by atoms with Crippen LogP contribution in [0.2, 0.25) is 0 Å². The van der Waals surface area contributed by atoms with E-state index in [0.29, 0.717) is 29.9 Å². The van der Waals surface area contributed by atoms with Crippen LogP contribution < -0.4 is 9.47 Å². The first-order valence-corrected chi connectivity index (χ1v) is 11.6. The van der Waals surface area contributed by atoms with E-state index in [1.807, 2.05) is 55.6 Å². The van der Waals surface area contributed by atoms with E-state index in [2.05, 4.69) is 14.8 Å². The van der Waals surface area contributed by atoms with Crippen molar-refractivity contribution in [3.8, 4) is 28.0 Å². The van der Waals surface area contributed by atoms with Crippen LogP contribution in [0.1, 0.15) is 21.7 Å². The fourth-order valence-electron chi connectivity index (χ4n) is 3.59. The molecule has 31 heavy (non-hydrogen) atoms. The first-order valence-electron chi connectivity index (χ1n) is 9.72. The molecule has 158 valence electrons. The van der Waals surface area contributed by atoms with Crippen LogP contribution in [-0.4, -0.2) is 39.5 Å². The number of hydrogen-bond donors (Lipinski definition) is 0. The van der Waals surface area contributed by atoms with Crippen LogP contribution >= 0.6 is 23.1 Å². The number of benzene rings is 1. The Morgan fingerprint density at radius 3 is 2.77 bits per heavy atom. The van der Waals surface area contributed by atoms with Gasteiger partial charge >= 0.3 is 0 Å². The SMILES string of the molecule is Cc1cc(C(=O)CSc2nnc(-c3cccs3)o2)c(C)n1-c1ccc2c(c1)OCCO2. The van der Waals surface area contributed by atoms with Crippen molar-refractivity contribution in [1.29, 1.82) is 0 Å². The highest BCUT2D eigenvalue weighted by atomic mass is 32.2. The summed E-state index contributed by atoms with van der Waals surface area (Å²) in [5.74, 6) is 2.17. The maximum absolute atomic E-state index is 12.9. The van der Waals surface area contributed by atoms with Crippen LogP contribution in [0.15, 0.2) is 51.4 Å². The first-order chi connectivity index (χ1) is 15.1. The fraction of sp³-hybridized carbons (Fsp3) is 0.227. The molecule has 1 aliphatic rings. The normalized spacial score (nSPS) is 12.8. The summed E-state index contributed by atoms with van der Waals surface area (Å²) >= 11 is 2.78. The predicted octanol–water partition coefficient (Wildman–Crippen LogP) is 4.95. The second kappa shape index (κ2) is 8.24. The van der Waals surface area contributed by atoms with Crippen LogP contribution in [0, 0.1) is 13.8 Å². The molecule has 7 nitrogen and oxygen atoms in total. The van der Waals surface area contributed by atoms with E-state index in [1.165, 1.54) is 23.1 Å². The van der Waals surface area contributed by atoms with E-state index in [0.717, 1.165) is 33.5 Å². The molecule has 4 heterocycles. The Hall–Kier alpha value is -3.04. The van der Waals surface area contributed by atoms with E-state index in [4.69, 9.17) is 13.9 Å². The number of hydrogen-bond acceptors (Lipinski definition) is 8. The van der Waals surface area contributed by atoms with Gasteiger partial charge in [-0.05, 0) is 43.5 Å². The van der Waals surface area contributed by atoms with Crippen molar-refractivity contribution in [2.45, 2.75) is 19.1 Å². The number of rotatable bonds is 6. The highest BCUT2D eigenvalue weighted by molar-refractivity contribution is 7.99. The average Bonchev–Trinajstić information content (AvgIpc) is 3.52. The molecular weight excluding hydrogens is 434 g/mol. The third kappa shape index (κ3) is 3.86. The van der Waals surface area contributed by atoms with Gasteiger partial charge in [0, 0.05) is 28.7 Å². The monoisotopic (exact) mass is 453 g/mol.